The van der Waals surface area contributed by atoms with E-state index in [-0.39, 0.29) is 6.03 Å². The number of urea groups is 1. The summed E-state index contributed by atoms with van der Waals surface area (Å²) in [6.45, 7) is 4.45. The number of anilines is 1. The summed E-state index contributed by atoms with van der Waals surface area (Å²) in [5.74, 6) is -0.947. The van der Waals surface area contributed by atoms with Gasteiger partial charge in [-0.25, -0.2) is 14.6 Å². The molecule has 0 aromatic carbocycles. The first kappa shape index (κ1) is 13.8. The van der Waals surface area contributed by atoms with Crippen LogP contribution in [0, 0.1) is 6.92 Å². The van der Waals surface area contributed by atoms with E-state index in [1.807, 2.05) is 13.8 Å². The molecule has 0 unspecified atom stereocenters. The molecule has 0 radical (unpaired) electrons. The summed E-state index contributed by atoms with van der Waals surface area (Å²) >= 11 is 1.42. The number of amides is 2. The lowest BCUT2D eigenvalue weighted by molar-refractivity contribution is -0.141. The van der Waals surface area contributed by atoms with Gasteiger partial charge in [0.2, 0.25) is 0 Å². The minimum Gasteiger partial charge on any atom is -0.480 e. The van der Waals surface area contributed by atoms with Gasteiger partial charge in [0.1, 0.15) is 6.04 Å². The van der Waals surface area contributed by atoms with Crippen LogP contribution in [0.1, 0.15) is 30.3 Å². The molecular weight excluding hydrogens is 266 g/mol. The number of carboxylic acids is 1. The smallest absolute Gasteiger partial charge is 0.326 e. The maximum absolute atomic E-state index is 12.1. The van der Waals surface area contributed by atoms with E-state index in [1.165, 1.54) is 16.2 Å². The number of hydrogen-bond acceptors (Lipinski definition) is 4. The van der Waals surface area contributed by atoms with Crippen LogP contribution < -0.4 is 5.32 Å². The number of thiazole rings is 1. The van der Waals surface area contributed by atoms with Gasteiger partial charge in [-0.3, -0.25) is 5.32 Å². The molecule has 104 valence electrons. The predicted molar refractivity (Wildman–Crippen MR) is 72.6 cm³/mol. The molecule has 1 fully saturated rings. The molecule has 1 saturated heterocycles. The van der Waals surface area contributed by atoms with Crippen LogP contribution in [0.3, 0.4) is 0 Å². The van der Waals surface area contributed by atoms with Gasteiger partial charge >= 0.3 is 12.0 Å². The third-order valence-corrected chi connectivity index (χ3v) is 4.17. The van der Waals surface area contributed by atoms with Crippen molar-refractivity contribution in [1.29, 1.82) is 0 Å². The Morgan fingerprint density at radius 2 is 2.32 bits per heavy atom. The number of likely N-dealkylation sites (tertiary alicyclic amines) is 1. The van der Waals surface area contributed by atoms with Crippen molar-refractivity contribution in [2.24, 2.45) is 0 Å². The number of carbonyl (C=O) groups is 2. The molecule has 2 N–H and O–H groups in total. The molecule has 6 nitrogen and oxygen atoms in total. The van der Waals surface area contributed by atoms with Gasteiger partial charge < -0.3 is 10.0 Å². The van der Waals surface area contributed by atoms with Crippen molar-refractivity contribution in [3.63, 3.8) is 0 Å². The zero-order valence-electron chi connectivity index (χ0n) is 11.0. The minimum absolute atomic E-state index is 0.374. The van der Waals surface area contributed by atoms with Crippen molar-refractivity contribution in [1.82, 2.24) is 9.88 Å². The predicted octanol–water partition coefficient (Wildman–Crippen LogP) is 2.09. The maximum atomic E-state index is 12.1. The normalized spacial score (nSPS) is 18.6. The molecule has 0 bridgehead atoms. The van der Waals surface area contributed by atoms with Crippen LogP contribution in [0.5, 0.6) is 0 Å². The van der Waals surface area contributed by atoms with Gasteiger partial charge in [-0.2, -0.15) is 0 Å². The SMILES string of the molecule is CCc1nc(NC(=O)N2CCC[C@@H]2C(=O)O)sc1C. The van der Waals surface area contributed by atoms with E-state index < -0.39 is 12.0 Å². The molecule has 0 saturated carbocycles. The Morgan fingerprint density at radius 3 is 2.89 bits per heavy atom. The second kappa shape index (κ2) is 5.56. The van der Waals surface area contributed by atoms with Crippen molar-refractivity contribution in [2.45, 2.75) is 39.2 Å². The molecule has 1 aliphatic rings. The average molecular weight is 283 g/mol. The molecule has 2 rings (SSSR count). The first-order valence-corrected chi connectivity index (χ1v) is 7.11. The van der Waals surface area contributed by atoms with Crippen LogP contribution >= 0.6 is 11.3 Å². The molecule has 2 amide bonds. The molecular formula is C12H17N3O3S. The van der Waals surface area contributed by atoms with Crippen LogP contribution in [0.15, 0.2) is 0 Å². The number of nitrogens with one attached hydrogen (secondary N) is 1. The Bertz CT molecular complexity index is 500. The molecule has 1 aliphatic heterocycles. The van der Waals surface area contributed by atoms with E-state index in [1.54, 1.807) is 0 Å². The second-order valence-corrected chi connectivity index (χ2v) is 5.70. The summed E-state index contributed by atoms with van der Waals surface area (Å²) in [6, 6.07) is -1.09. The van der Waals surface area contributed by atoms with Gasteiger partial charge in [0.25, 0.3) is 0 Å². The number of aliphatic carboxylic acids is 1. The van der Waals surface area contributed by atoms with Crippen LogP contribution in [-0.2, 0) is 11.2 Å². The first-order valence-electron chi connectivity index (χ1n) is 6.29. The standard InChI is InChI=1S/C12H17N3O3S/c1-3-8-7(2)19-11(13-8)14-12(18)15-6-4-5-9(15)10(16)17/h9H,3-6H2,1-2H3,(H,16,17)(H,13,14,18)/t9-/m1/s1. The maximum Gasteiger partial charge on any atom is 0.326 e. The van der Waals surface area contributed by atoms with Crippen LogP contribution in [0.2, 0.25) is 0 Å². The average Bonchev–Trinajstić information content (AvgIpc) is 2.95. The molecule has 0 aliphatic carbocycles. The van der Waals surface area contributed by atoms with Gasteiger partial charge in [-0.15, -0.1) is 11.3 Å². The molecule has 1 atom stereocenters. The van der Waals surface area contributed by atoms with E-state index in [0.717, 1.165) is 23.4 Å². The quantitative estimate of drug-likeness (QED) is 0.890. The Balaban J connectivity index is 2.06. The summed E-state index contributed by atoms with van der Waals surface area (Å²) in [7, 11) is 0. The lowest BCUT2D eigenvalue weighted by Crippen LogP contribution is -2.42. The van der Waals surface area contributed by atoms with E-state index in [4.69, 9.17) is 5.11 Å². The third kappa shape index (κ3) is 2.86. The number of aromatic nitrogens is 1. The number of aryl methyl sites for hydroxylation is 2. The van der Waals surface area contributed by atoms with E-state index in [9.17, 15) is 9.59 Å². The van der Waals surface area contributed by atoms with Crippen molar-refractivity contribution in [3.8, 4) is 0 Å². The Morgan fingerprint density at radius 1 is 1.58 bits per heavy atom. The van der Waals surface area contributed by atoms with Crippen molar-refractivity contribution in [3.05, 3.63) is 10.6 Å². The summed E-state index contributed by atoms with van der Waals surface area (Å²) in [5, 5.41) is 12.3. The zero-order chi connectivity index (χ0) is 14.0. The summed E-state index contributed by atoms with van der Waals surface area (Å²) in [5.41, 5.74) is 0.969. The number of carboxylic acid groups (broad SMARTS) is 1. The van der Waals surface area contributed by atoms with Crippen molar-refractivity contribution in [2.75, 3.05) is 11.9 Å². The number of nitrogens with zero attached hydrogens (tertiary/aromatic N) is 2. The highest BCUT2D eigenvalue weighted by Gasteiger charge is 2.34. The Labute approximate surface area is 115 Å². The van der Waals surface area contributed by atoms with Gasteiger partial charge in [0.15, 0.2) is 5.13 Å². The zero-order valence-corrected chi connectivity index (χ0v) is 11.8. The number of hydrogen-bond donors (Lipinski definition) is 2. The van der Waals surface area contributed by atoms with E-state index in [2.05, 4.69) is 10.3 Å². The Hall–Kier alpha value is -1.63. The molecule has 0 spiro atoms. The van der Waals surface area contributed by atoms with Crippen molar-refractivity contribution < 1.29 is 14.7 Å². The number of carbonyl (C=O) groups excluding carboxylic acids is 1. The molecule has 19 heavy (non-hydrogen) atoms. The summed E-state index contributed by atoms with van der Waals surface area (Å²) < 4.78 is 0. The fraction of sp³-hybridized carbons (Fsp3) is 0.583. The third-order valence-electron chi connectivity index (χ3n) is 3.24. The summed E-state index contributed by atoms with van der Waals surface area (Å²) in [6.07, 6.45) is 2.06. The van der Waals surface area contributed by atoms with E-state index in [0.29, 0.717) is 18.1 Å². The molecule has 1 aromatic heterocycles. The van der Waals surface area contributed by atoms with Gasteiger partial charge in [0.05, 0.1) is 5.69 Å². The fourth-order valence-electron chi connectivity index (χ4n) is 2.24. The lowest BCUT2D eigenvalue weighted by Gasteiger charge is -2.20. The topological polar surface area (TPSA) is 82.5 Å². The molecule has 1 aromatic rings. The molecule has 7 heteroatoms. The molecule has 2 heterocycles. The van der Waals surface area contributed by atoms with Crippen LogP contribution in [-0.4, -0.2) is 39.6 Å². The Kier molecular flexibility index (Phi) is 4.04. The number of rotatable bonds is 3. The summed E-state index contributed by atoms with van der Waals surface area (Å²) in [4.78, 5) is 29.9. The lowest BCUT2D eigenvalue weighted by atomic mass is 10.2. The van der Waals surface area contributed by atoms with Crippen LogP contribution in [0.25, 0.3) is 0 Å². The van der Waals surface area contributed by atoms with Gasteiger partial charge in [-0.1, -0.05) is 6.92 Å². The highest BCUT2D eigenvalue weighted by Crippen LogP contribution is 2.24. The van der Waals surface area contributed by atoms with Gasteiger partial charge in [0, 0.05) is 11.4 Å². The highest BCUT2D eigenvalue weighted by atomic mass is 32.1. The second-order valence-electron chi connectivity index (χ2n) is 4.50. The highest BCUT2D eigenvalue weighted by molar-refractivity contribution is 7.15. The largest absolute Gasteiger partial charge is 0.480 e. The van der Waals surface area contributed by atoms with Crippen LogP contribution in [0.4, 0.5) is 9.93 Å². The first-order chi connectivity index (χ1) is 9.02. The monoisotopic (exact) mass is 283 g/mol. The fourth-order valence-corrected chi connectivity index (χ4v) is 3.13. The van der Waals surface area contributed by atoms with Crippen molar-refractivity contribution >= 4 is 28.5 Å². The van der Waals surface area contributed by atoms with E-state index >= 15 is 0 Å². The van der Waals surface area contributed by atoms with Gasteiger partial charge in [-0.05, 0) is 26.2 Å². The minimum atomic E-state index is -0.947.